The first-order valence-electron chi connectivity index (χ1n) is 3.07. The Morgan fingerprint density at radius 2 is 2.55 bits per heavy atom. The molecule has 1 rings (SSSR count). The molecule has 11 heavy (non-hydrogen) atoms. The number of nitrogens with zero attached hydrogens (tertiary/aromatic N) is 2. The number of carboxylic acid groups (broad SMARTS) is 1. The molecule has 0 bridgehead atoms. The summed E-state index contributed by atoms with van der Waals surface area (Å²) in [4.78, 5) is 10.5. The van der Waals surface area contributed by atoms with Gasteiger partial charge in [0.15, 0.2) is 0 Å². The van der Waals surface area contributed by atoms with E-state index in [1.807, 2.05) is 0 Å². The summed E-state index contributed by atoms with van der Waals surface area (Å²) in [6.45, 7) is 0.578. The third-order valence-corrected chi connectivity index (χ3v) is 1.59. The molecule has 0 atom stereocenters. The number of carbonyl (C=O) groups is 1. The van der Waals surface area contributed by atoms with Crippen LogP contribution in [0, 0.1) is 0 Å². The van der Waals surface area contributed by atoms with Gasteiger partial charge in [0.25, 0.3) is 0 Å². The van der Waals surface area contributed by atoms with E-state index < -0.39 is 5.97 Å². The highest BCUT2D eigenvalue weighted by Crippen LogP contribution is 1.99. The molecule has 1 heterocycles. The van der Waals surface area contributed by atoms with E-state index in [0.717, 1.165) is 0 Å². The largest absolute Gasteiger partial charge is 0.477 e. The number of rotatable bonds is 3. The van der Waals surface area contributed by atoms with Gasteiger partial charge in [0, 0.05) is 11.5 Å². The number of carboxylic acids is 1. The molecule has 0 aliphatic rings. The maximum atomic E-state index is 10.5. The number of halogens is 1. The predicted molar refractivity (Wildman–Crippen MR) is 43.0 cm³/mol. The second kappa shape index (κ2) is 3.52. The summed E-state index contributed by atoms with van der Waals surface area (Å²) in [5, 5.41) is 13.1. The smallest absolute Gasteiger partial charge is 0.354 e. The average Bonchev–Trinajstić information content (AvgIpc) is 2.36. The SMILES string of the molecule is O=C(O)c1ccnn1CCBr. The van der Waals surface area contributed by atoms with E-state index in [4.69, 9.17) is 5.11 Å². The van der Waals surface area contributed by atoms with Gasteiger partial charge in [0.1, 0.15) is 5.69 Å². The molecule has 0 saturated carbocycles. The first-order valence-corrected chi connectivity index (χ1v) is 4.19. The first kappa shape index (κ1) is 8.26. The van der Waals surface area contributed by atoms with Crippen molar-refractivity contribution in [1.82, 2.24) is 9.78 Å². The van der Waals surface area contributed by atoms with Crippen molar-refractivity contribution in [2.75, 3.05) is 5.33 Å². The van der Waals surface area contributed by atoms with E-state index in [1.165, 1.54) is 16.9 Å². The number of hydrogen-bond donors (Lipinski definition) is 1. The van der Waals surface area contributed by atoms with Crippen LogP contribution in [0.5, 0.6) is 0 Å². The van der Waals surface area contributed by atoms with Gasteiger partial charge in [-0.05, 0) is 6.07 Å². The monoisotopic (exact) mass is 218 g/mol. The van der Waals surface area contributed by atoms with E-state index in [2.05, 4.69) is 21.0 Å². The topological polar surface area (TPSA) is 55.1 Å². The van der Waals surface area contributed by atoms with Crippen LogP contribution in [-0.4, -0.2) is 26.2 Å². The van der Waals surface area contributed by atoms with Crippen LogP contribution in [0.25, 0.3) is 0 Å². The Bertz CT molecular complexity index is 259. The second-order valence-electron chi connectivity index (χ2n) is 1.93. The van der Waals surface area contributed by atoms with Gasteiger partial charge in [-0.1, -0.05) is 15.9 Å². The number of hydrogen-bond acceptors (Lipinski definition) is 2. The summed E-state index contributed by atoms with van der Waals surface area (Å²) >= 11 is 3.20. The molecule has 60 valence electrons. The van der Waals surface area contributed by atoms with E-state index >= 15 is 0 Å². The molecule has 0 radical (unpaired) electrons. The van der Waals surface area contributed by atoms with Gasteiger partial charge >= 0.3 is 5.97 Å². The molecular weight excluding hydrogens is 212 g/mol. The van der Waals surface area contributed by atoms with Crippen LogP contribution < -0.4 is 0 Å². The van der Waals surface area contributed by atoms with Gasteiger partial charge in [-0.15, -0.1) is 0 Å². The third-order valence-electron chi connectivity index (χ3n) is 1.23. The number of aromatic nitrogens is 2. The molecule has 5 heteroatoms. The van der Waals surface area contributed by atoms with E-state index in [-0.39, 0.29) is 5.69 Å². The van der Waals surface area contributed by atoms with Crippen LogP contribution in [0.1, 0.15) is 10.5 Å². The van der Waals surface area contributed by atoms with Crippen molar-refractivity contribution < 1.29 is 9.90 Å². The van der Waals surface area contributed by atoms with Gasteiger partial charge in [-0.25, -0.2) is 4.79 Å². The molecule has 1 aromatic heterocycles. The van der Waals surface area contributed by atoms with Crippen LogP contribution in [0.4, 0.5) is 0 Å². The molecule has 0 spiro atoms. The average molecular weight is 219 g/mol. The Morgan fingerprint density at radius 1 is 1.82 bits per heavy atom. The lowest BCUT2D eigenvalue weighted by molar-refractivity contribution is 0.0683. The van der Waals surface area contributed by atoms with Crippen molar-refractivity contribution in [3.05, 3.63) is 18.0 Å². The third kappa shape index (κ3) is 1.80. The molecule has 1 aromatic rings. The van der Waals surface area contributed by atoms with Crippen molar-refractivity contribution >= 4 is 21.9 Å². The van der Waals surface area contributed by atoms with E-state index in [9.17, 15) is 4.79 Å². The summed E-state index contributed by atoms with van der Waals surface area (Å²) in [6, 6.07) is 1.48. The van der Waals surface area contributed by atoms with Crippen LogP contribution in [0.2, 0.25) is 0 Å². The lowest BCUT2D eigenvalue weighted by Gasteiger charge is -1.99. The van der Waals surface area contributed by atoms with Gasteiger partial charge in [0.05, 0.1) is 6.54 Å². The van der Waals surface area contributed by atoms with Crippen LogP contribution in [-0.2, 0) is 6.54 Å². The van der Waals surface area contributed by atoms with E-state index in [1.54, 1.807) is 0 Å². The number of alkyl halides is 1. The molecular formula is C6H7BrN2O2. The summed E-state index contributed by atoms with van der Waals surface area (Å²) in [6.07, 6.45) is 1.48. The zero-order valence-electron chi connectivity index (χ0n) is 5.70. The van der Waals surface area contributed by atoms with Crippen molar-refractivity contribution in [2.45, 2.75) is 6.54 Å². The van der Waals surface area contributed by atoms with Gasteiger partial charge in [0.2, 0.25) is 0 Å². The lowest BCUT2D eigenvalue weighted by atomic mass is 10.4. The van der Waals surface area contributed by atoms with Gasteiger partial charge < -0.3 is 5.11 Å². The van der Waals surface area contributed by atoms with Crippen molar-refractivity contribution in [3.8, 4) is 0 Å². The maximum Gasteiger partial charge on any atom is 0.354 e. The molecule has 1 N–H and O–H groups in total. The zero-order valence-corrected chi connectivity index (χ0v) is 7.28. The Labute approximate surface area is 72.0 Å². The van der Waals surface area contributed by atoms with E-state index in [0.29, 0.717) is 11.9 Å². The Hall–Kier alpha value is -0.840. The Morgan fingerprint density at radius 3 is 3.09 bits per heavy atom. The van der Waals surface area contributed by atoms with Gasteiger partial charge in [-0.2, -0.15) is 5.10 Å². The summed E-state index contributed by atoms with van der Waals surface area (Å²) in [7, 11) is 0. The predicted octanol–water partition coefficient (Wildman–Crippen LogP) is 0.976. The van der Waals surface area contributed by atoms with Crippen molar-refractivity contribution in [2.24, 2.45) is 0 Å². The fraction of sp³-hybridized carbons (Fsp3) is 0.333. The standard InChI is InChI=1S/C6H7BrN2O2/c7-2-4-9-5(6(10)11)1-3-8-9/h1,3H,2,4H2,(H,10,11). The highest BCUT2D eigenvalue weighted by atomic mass is 79.9. The van der Waals surface area contributed by atoms with Crippen molar-refractivity contribution in [1.29, 1.82) is 0 Å². The Balaban J connectivity index is 2.87. The molecule has 0 fully saturated rings. The molecule has 0 aromatic carbocycles. The first-order chi connectivity index (χ1) is 5.25. The van der Waals surface area contributed by atoms with Crippen LogP contribution in [0.15, 0.2) is 12.3 Å². The van der Waals surface area contributed by atoms with Gasteiger partial charge in [-0.3, -0.25) is 4.68 Å². The van der Waals surface area contributed by atoms with Crippen LogP contribution >= 0.6 is 15.9 Å². The maximum absolute atomic E-state index is 10.5. The van der Waals surface area contributed by atoms with Crippen molar-refractivity contribution in [3.63, 3.8) is 0 Å². The quantitative estimate of drug-likeness (QED) is 0.770. The zero-order chi connectivity index (χ0) is 8.27. The molecule has 0 saturated heterocycles. The highest BCUT2D eigenvalue weighted by Gasteiger charge is 2.08. The molecule has 0 unspecified atom stereocenters. The highest BCUT2D eigenvalue weighted by molar-refractivity contribution is 9.09. The molecule has 0 amide bonds. The minimum atomic E-state index is -0.941. The number of aryl methyl sites for hydroxylation is 1. The summed E-state index contributed by atoms with van der Waals surface area (Å²) in [5.74, 6) is -0.941. The molecule has 0 aliphatic carbocycles. The fourth-order valence-corrected chi connectivity index (χ4v) is 1.11. The fourth-order valence-electron chi connectivity index (χ4n) is 0.773. The summed E-state index contributed by atoms with van der Waals surface area (Å²) < 4.78 is 1.44. The normalized spacial score (nSPS) is 9.91. The molecule has 4 nitrogen and oxygen atoms in total. The molecule has 0 aliphatic heterocycles. The summed E-state index contributed by atoms with van der Waals surface area (Å²) in [5.41, 5.74) is 0.226. The minimum Gasteiger partial charge on any atom is -0.477 e. The Kier molecular flexibility index (Phi) is 2.64. The lowest BCUT2D eigenvalue weighted by Crippen LogP contribution is -2.10. The van der Waals surface area contributed by atoms with Crippen LogP contribution in [0.3, 0.4) is 0 Å². The minimum absolute atomic E-state index is 0.226. The second-order valence-corrected chi connectivity index (χ2v) is 2.73. The number of aromatic carboxylic acids is 1.